The van der Waals surface area contributed by atoms with Crippen molar-refractivity contribution in [3.63, 3.8) is 0 Å². The molecule has 1 heterocycles. The molecule has 2 rings (SSSR count). The minimum Gasteiger partial charge on any atom is -0.506 e. The predicted molar refractivity (Wildman–Crippen MR) is 82.5 cm³/mol. The van der Waals surface area contributed by atoms with Crippen LogP contribution >= 0.6 is 27.5 Å². The normalized spacial score (nSPS) is 12.8. The van der Waals surface area contributed by atoms with Crippen LogP contribution in [0.4, 0.5) is 0 Å². The quantitative estimate of drug-likeness (QED) is 0.820. The molecule has 0 aliphatic rings. The van der Waals surface area contributed by atoms with Gasteiger partial charge < -0.3 is 14.8 Å². The van der Waals surface area contributed by atoms with E-state index in [9.17, 15) is 9.90 Å². The van der Waals surface area contributed by atoms with Gasteiger partial charge in [0.05, 0.1) is 17.0 Å². The highest BCUT2D eigenvalue weighted by atomic mass is 79.9. The Morgan fingerprint density at radius 2 is 2.20 bits per heavy atom. The number of halogens is 2. The van der Waals surface area contributed by atoms with E-state index in [0.29, 0.717) is 14.9 Å². The maximum atomic E-state index is 11.0. The van der Waals surface area contributed by atoms with Crippen molar-refractivity contribution in [3.05, 3.63) is 27.8 Å². The lowest BCUT2D eigenvalue weighted by atomic mass is 10.1. The van der Waals surface area contributed by atoms with Crippen molar-refractivity contribution in [1.82, 2.24) is 4.57 Å². The summed E-state index contributed by atoms with van der Waals surface area (Å²) in [6.45, 7) is 2.00. The number of aromatic hydroxyl groups is 1. The van der Waals surface area contributed by atoms with E-state index >= 15 is 0 Å². The average molecular weight is 361 g/mol. The average Bonchev–Trinajstić information content (AvgIpc) is 2.66. The predicted octanol–water partition coefficient (Wildman–Crippen LogP) is 4.58. The molecule has 1 aromatic carbocycles. The number of hydrogen-bond donors (Lipinski definition) is 2. The minimum absolute atomic E-state index is 0.0186. The second kappa shape index (κ2) is 6.06. The summed E-state index contributed by atoms with van der Waals surface area (Å²) in [5.41, 5.74) is 0.746. The molecule has 0 aliphatic heterocycles. The number of rotatable bonds is 5. The maximum absolute atomic E-state index is 11.0. The number of benzene rings is 1. The summed E-state index contributed by atoms with van der Waals surface area (Å²) in [6.07, 6.45) is 3.19. The minimum atomic E-state index is -0.854. The van der Waals surface area contributed by atoms with Crippen LogP contribution in [-0.4, -0.2) is 20.7 Å². The summed E-state index contributed by atoms with van der Waals surface area (Å²) in [4.78, 5) is 11.0. The highest BCUT2D eigenvalue weighted by molar-refractivity contribution is 9.10. The van der Waals surface area contributed by atoms with Gasteiger partial charge >= 0.3 is 5.97 Å². The Hall–Kier alpha value is -1.20. The Morgan fingerprint density at radius 1 is 1.50 bits per heavy atom. The number of fused-ring (bicyclic) bond motifs is 1. The summed E-state index contributed by atoms with van der Waals surface area (Å²) >= 11 is 9.42. The lowest BCUT2D eigenvalue weighted by Gasteiger charge is -2.17. The number of nitrogens with zero attached hydrogens (tertiary/aromatic N) is 1. The highest BCUT2D eigenvalue weighted by Gasteiger charge is 2.19. The molecule has 0 saturated carbocycles. The molecular formula is C14H15BrClNO3. The first-order valence-corrected chi connectivity index (χ1v) is 7.51. The van der Waals surface area contributed by atoms with Crippen LogP contribution in [-0.2, 0) is 4.79 Å². The van der Waals surface area contributed by atoms with Gasteiger partial charge in [-0.1, -0.05) is 24.9 Å². The summed E-state index contributed by atoms with van der Waals surface area (Å²) in [5.74, 6) is -0.725. The summed E-state index contributed by atoms with van der Waals surface area (Å²) in [5, 5.41) is 20.3. The van der Waals surface area contributed by atoms with Gasteiger partial charge in [0.1, 0.15) is 5.75 Å². The first-order valence-electron chi connectivity index (χ1n) is 6.34. The van der Waals surface area contributed by atoms with Crippen molar-refractivity contribution in [2.75, 3.05) is 0 Å². The molecule has 1 aromatic heterocycles. The number of aliphatic carboxylic acids is 1. The first-order chi connectivity index (χ1) is 9.43. The molecule has 6 heteroatoms. The SMILES string of the molecule is CCCC(CC(=O)O)n1cc(O)c2cc(Br)c(Cl)cc21. The van der Waals surface area contributed by atoms with E-state index in [-0.39, 0.29) is 18.2 Å². The molecule has 0 aliphatic carbocycles. The fraction of sp³-hybridized carbons (Fsp3) is 0.357. The first kappa shape index (κ1) is 15.2. The molecule has 0 spiro atoms. The molecule has 0 bridgehead atoms. The van der Waals surface area contributed by atoms with E-state index in [0.717, 1.165) is 18.4 Å². The molecule has 20 heavy (non-hydrogen) atoms. The van der Waals surface area contributed by atoms with Crippen molar-refractivity contribution >= 4 is 44.4 Å². The molecule has 0 radical (unpaired) electrons. The monoisotopic (exact) mass is 359 g/mol. The van der Waals surface area contributed by atoms with Gasteiger partial charge in [-0.2, -0.15) is 0 Å². The lowest BCUT2D eigenvalue weighted by molar-refractivity contribution is -0.137. The molecule has 0 amide bonds. The molecule has 108 valence electrons. The topological polar surface area (TPSA) is 62.5 Å². The Morgan fingerprint density at radius 3 is 2.80 bits per heavy atom. The highest BCUT2D eigenvalue weighted by Crippen LogP contribution is 2.37. The van der Waals surface area contributed by atoms with Gasteiger partial charge in [0.15, 0.2) is 0 Å². The van der Waals surface area contributed by atoms with Crippen LogP contribution < -0.4 is 0 Å². The third-order valence-electron chi connectivity index (χ3n) is 3.28. The second-order valence-electron chi connectivity index (χ2n) is 4.75. The van der Waals surface area contributed by atoms with Crippen LogP contribution in [0.2, 0.25) is 5.02 Å². The van der Waals surface area contributed by atoms with Crippen LogP contribution in [0.5, 0.6) is 5.75 Å². The van der Waals surface area contributed by atoms with Crippen LogP contribution in [0.1, 0.15) is 32.2 Å². The standard InChI is InChI=1S/C14H15BrClNO3/c1-2-3-8(4-14(19)20)17-7-13(18)9-5-10(15)11(16)6-12(9)17/h5-8,18H,2-4H2,1H3,(H,19,20). The van der Waals surface area contributed by atoms with E-state index in [1.165, 1.54) is 0 Å². The fourth-order valence-electron chi connectivity index (χ4n) is 2.40. The fourth-order valence-corrected chi connectivity index (χ4v) is 2.90. The van der Waals surface area contributed by atoms with E-state index in [1.807, 2.05) is 6.92 Å². The summed E-state index contributed by atoms with van der Waals surface area (Å²) in [7, 11) is 0. The zero-order valence-corrected chi connectivity index (χ0v) is 13.3. The van der Waals surface area contributed by atoms with Gasteiger partial charge in [0.25, 0.3) is 0 Å². The number of aromatic nitrogens is 1. The number of carboxylic acid groups (broad SMARTS) is 1. The maximum Gasteiger partial charge on any atom is 0.305 e. The van der Waals surface area contributed by atoms with Crippen molar-refractivity contribution in [2.45, 2.75) is 32.2 Å². The van der Waals surface area contributed by atoms with Gasteiger partial charge in [0, 0.05) is 22.1 Å². The van der Waals surface area contributed by atoms with Crippen molar-refractivity contribution < 1.29 is 15.0 Å². The molecule has 0 fully saturated rings. The molecule has 2 aromatic rings. The van der Waals surface area contributed by atoms with E-state index in [1.54, 1.807) is 22.9 Å². The molecule has 0 saturated heterocycles. The zero-order valence-electron chi connectivity index (χ0n) is 10.9. The van der Waals surface area contributed by atoms with Crippen molar-refractivity contribution in [3.8, 4) is 5.75 Å². The van der Waals surface area contributed by atoms with Crippen LogP contribution in [0, 0.1) is 0 Å². The molecule has 2 N–H and O–H groups in total. The summed E-state index contributed by atoms with van der Waals surface area (Å²) in [6, 6.07) is 3.29. The van der Waals surface area contributed by atoms with Crippen LogP contribution in [0.15, 0.2) is 22.8 Å². The molecule has 1 unspecified atom stereocenters. The van der Waals surface area contributed by atoms with Crippen LogP contribution in [0.25, 0.3) is 10.9 Å². The number of carbonyl (C=O) groups is 1. The molecule has 1 atom stereocenters. The Bertz CT molecular complexity index is 653. The van der Waals surface area contributed by atoms with Crippen molar-refractivity contribution in [1.29, 1.82) is 0 Å². The van der Waals surface area contributed by atoms with Gasteiger partial charge in [-0.3, -0.25) is 4.79 Å². The Labute approximate surface area is 130 Å². The van der Waals surface area contributed by atoms with Gasteiger partial charge in [0.2, 0.25) is 0 Å². The third-order valence-corrected chi connectivity index (χ3v) is 4.48. The van der Waals surface area contributed by atoms with Gasteiger partial charge in [-0.05, 0) is 34.5 Å². The third kappa shape index (κ3) is 2.94. The lowest BCUT2D eigenvalue weighted by Crippen LogP contribution is -2.12. The molecule has 4 nitrogen and oxygen atoms in total. The Kier molecular flexibility index (Phi) is 4.60. The zero-order chi connectivity index (χ0) is 14.9. The van der Waals surface area contributed by atoms with E-state index in [2.05, 4.69) is 15.9 Å². The van der Waals surface area contributed by atoms with E-state index in [4.69, 9.17) is 16.7 Å². The largest absolute Gasteiger partial charge is 0.506 e. The Balaban J connectivity index is 2.57. The number of hydrogen-bond acceptors (Lipinski definition) is 2. The molecular weight excluding hydrogens is 346 g/mol. The second-order valence-corrected chi connectivity index (χ2v) is 6.01. The van der Waals surface area contributed by atoms with E-state index < -0.39 is 5.97 Å². The van der Waals surface area contributed by atoms with Gasteiger partial charge in [-0.15, -0.1) is 0 Å². The number of carboxylic acids is 1. The van der Waals surface area contributed by atoms with Gasteiger partial charge in [-0.25, -0.2) is 0 Å². The smallest absolute Gasteiger partial charge is 0.305 e. The summed E-state index contributed by atoms with van der Waals surface area (Å²) < 4.78 is 2.51. The van der Waals surface area contributed by atoms with Crippen LogP contribution in [0.3, 0.4) is 0 Å². The van der Waals surface area contributed by atoms with Crippen molar-refractivity contribution in [2.24, 2.45) is 0 Å².